The van der Waals surface area contributed by atoms with Crippen molar-refractivity contribution < 1.29 is 14.3 Å². The van der Waals surface area contributed by atoms with Gasteiger partial charge in [-0.2, -0.15) is 5.10 Å². The van der Waals surface area contributed by atoms with Gasteiger partial charge in [0.2, 0.25) is 5.76 Å². The molecule has 2 aromatic rings. The Kier molecular flexibility index (Phi) is 2.73. The number of aromatic carboxylic acids is 1. The molecule has 3 heterocycles. The van der Waals surface area contributed by atoms with Crippen molar-refractivity contribution in [2.75, 3.05) is 0 Å². The highest BCUT2D eigenvalue weighted by Gasteiger charge is 2.18. The van der Waals surface area contributed by atoms with Crippen LogP contribution in [0.5, 0.6) is 0 Å². The fraction of sp³-hybridized carbons (Fsp3) is 0.417. The number of furan rings is 1. The Morgan fingerprint density at radius 3 is 2.95 bits per heavy atom. The van der Waals surface area contributed by atoms with Gasteiger partial charge in [-0.25, -0.2) is 14.3 Å². The highest BCUT2D eigenvalue weighted by atomic mass is 16.4. The number of aryl methyl sites for hydroxylation is 1. The Bertz CT molecular complexity index is 679. The van der Waals surface area contributed by atoms with Crippen LogP contribution >= 0.6 is 0 Å². The standard InChI is InChI=1S/C12H13N3O4/c16-11(17)9-5-4-8(19-9)7-15-12(18)14-6-2-1-3-10(14)13-15/h4-5H,1-3,6-7H2,(H,16,17). The molecule has 7 heteroatoms. The minimum absolute atomic E-state index is 0.132. The minimum atomic E-state index is -1.12. The van der Waals surface area contributed by atoms with Gasteiger partial charge in [0.25, 0.3) is 0 Å². The Hall–Kier alpha value is -2.31. The smallest absolute Gasteiger partial charge is 0.371 e. The zero-order chi connectivity index (χ0) is 13.4. The van der Waals surface area contributed by atoms with E-state index in [2.05, 4.69) is 5.10 Å². The van der Waals surface area contributed by atoms with Crippen LogP contribution < -0.4 is 5.69 Å². The molecule has 0 radical (unpaired) electrons. The average molecular weight is 263 g/mol. The summed E-state index contributed by atoms with van der Waals surface area (Å²) < 4.78 is 8.12. The van der Waals surface area contributed by atoms with Crippen molar-refractivity contribution in [1.82, 2.24) is 14.3 Å². The molecule has 3 rings (SSSR count). The fourth-order valence-electron chi connectivity index (χ4n) is 2.28. The molecule has 0 saturated heterocycles. The number of hydrogen-bond donors (Lipinski definition) is 1. The van der Waals surface area contributed by atoms with Crippen molar-refractivity contribution in [3.63, 3.8) is 0 Å². The molecule has 1 N–H and O–H groups in total. The molecule has 1 aliphatic heterocycles. The normalized spacial score (nSPS) is 14.3. The summed E-state index contributed by atoms with van der Waals surface area (Å²) >= 11 is 0. The third-order valence-electron chi connectivity index (χ3n) is 3.21. The first-order valence-electron chi connectivity index (χ1n) is 6.13. The van der Waals surface area contributed by atoms with Crippen LogP contribution in [0.4, 0.5) is 0 Å². The van der Waals surface area contributed by atoms with E-state index in [0.717, 1.165) is 25.1 Å². The summed E-state index contributed by atoms with van der Waals surface area (Å²) in [5, 5.41) is 13.0. The first kappa shape index (κ1) is 11.8. The Balaban J connectivity index is 1.88. The number of aromatic nitrogens is 3. The molecular formula is C12H13N3O4. The van der Waals surface area contributed by atoms with Gasteiger partial charge in [0.15, 0.2) is 0 Å². The molecule has 0 fully saturated rings. The second-order valence-corrected chi connectivity index (χ2v) is 4.54. The summed E-state index contributed by atoms with van der Waals surface area (Å²) in [7, 11) is 0. The summed E-state index contributed by atoms with van der Waals surface area (Å²) in [4.78, 5) is 22.8. The molecule has 0 atom stereocenters. The molecule has 0 bridgehead atoms. The van der Waals surface area contributed by atoms with Gasteiger partial charge < -0.3 is 9.52 Å². The van der Waals surface area contributed by atoms with Gasteiger partial charge in [0, 0.05) is 13.0 Å². The maximum Gasteiger partial charge on any atom is 0.371 e. The van der Waals surface area contributed by atoms with Crippen molar-refractivity contribution >= 4 is 5.97 Å². The molecule has 0 amide bonds. The van der Waals surface area contributed by atoms with Gasteiger partial charge in [-0.15, -0.1) is 0 Å². The molecule has 100 valence electrons. The quantitative estimate of drug-likeness (QED) is 0.881. The van der Waals surface area contributed by atoms with Crippen molar-refractivity contribution in [2.45, 2.75) is 32.4 Å². The number of hydrogen-bond acceptors (Lipinski definition) is 4. The summed E-state index contributed by atoms with van der Waals surface area (Å²) in [6, 6.07) is 2.92. The number of carboxylic acid groups (broad SMARTS) is 1. The van der Waals surface area contributed by atoms with Gasteiger partial charge >= 0.3 is 11.7 Å². The van der Waals surface area contributed by atoms with Crippen LogP contribution in [0.15, 0.2) is 21.3 Å². The molecule has 0 unspecified atom stereocenters. The molecule has 0 aliphatic carbocycles. The van der Waals surface area contributed by atoms with Crippen LogP contribution in [0.3, 0.4) is 0 Å². The molecule has 19 heavy (non-hydrogen) atoms. The molecule has 0 spiro atoms. The molecule has 2 aromatic heterocycles. The van der Waals surface area contributed by atoms with Crippen LogP contribution in [0.1, 0.15) is 35.0 Å². The summed E-state index contributed by atoms with van der Waals surface area (Å²) in [5.41, 5.74) is -0.164. The first-order valence-corrected chi connectivity index (χ1v) is 6.13. The first-order chi connectivity index (χ1) is 9.15. The molecule has 0 aromatic carbocycles. The lowest BCUT2D eigenvalue weighted by Gasteiger charge is -2.09. The van der Waals surface area contributed by atoms with Crippen molar-refractivity contribution in [3.8, 4) is 0 Å². The van der Waals surface area contributed by atoms with Gasteiger partial charge in [0.1, 0.15) is 18.1 Å². The van der Waals surface area contributed by atoms with E-state index in [-0.39, 0.29) is 18.0 Å². The lowest BCUT2D eigenvalue weighted by atomic mass is 10.2. The molecule has 1 aliphatic rings. The average Bonchev–Trinajstić information content (AvgIpc) is 2.97. The van der Waals surface area contributed by atoms with Crippen molar-refractivity contribution in [3.05, 3.63) is 40.0 Å². The summed E-state index contributed by atoms with van der Waals surface area (Å²) in [6.45, 7) is 0.860. The van der Waals surface area contributed by atoms with Gasteiger partial charge in [-0.3, -0.25) is 4.57 Å². The maximum atomic E-state index is 12.1. The Morgan fingerprint density at radius 2 is 2.26 bits per heavy atom. The molecular weight excluding hydrogens is 250 g/mol. The van der Waals surface area contributed by atoms with Crippen LogP contribution in [0.25, 0.3) is 0 Å². The van der Waals surface area contributed by atoms with Crippen LogP contribution in [0.2, 0.25) is 0 Å². The highest BCUT2D eigenvalue weighted by Crippen LogP contribution is 2.11. The van der Waals surface area contributed by atoms with E-state index in [0.29, 0.717) is 12.3 Å². The largest absolute Gasteiger partial charge is 0.475 e. The maximum absolute atomic E-state index is 12.1. The summed E-state index contributed by atoms with van der Waals surface area (Å²) in [6.07, 6.45) is 2.84. The predicted octanol–water partition coefficient (Wildman–Crippen LogP) is 0.721. The van der Waals surface area contributed by atoms with Crippen LogP contribution in [0, 0.1) is 0 Å². The van der Waals surface area contributed by atoms with Gasteiger partial charge in [-0.1, -0.05) is 0 Å². The fourth-order valence-corrected chi connectivity index (χ4v) is 2.28. The predicted molar refractivity (Wildman–Crippen MR) is 64.2 cm³/mol. The van der Waals surface area contributed by atoms with E-state index in [9.17, 15) is 9.59 Å². The minimum Gasteiger partial charge on any atom is -0.475 e. The van der Waals surface area contributed by atoms with E-state index >= 15 is 0 Å². The van der Waals surface area contributed by atoms with E-state index in [4.69, 9.17) is 9.52 Å². The SMILES string of the molecule is O=C(O)c1ccc(Cn2nc3n(c2=O)CCCC3)o1. The second-order valence-electron chi connectivity index (χ2n) is 4.54. The summed E-state index contributed by atoms with van der Waals surface area (Å²) in [5.74, 6) is -0.0500. The lowest BCUT2D eigenvalue weighted by molar-refractivity contribution is 0.0660. The zero-order valence-corrected chi connectivity index (χ0v) is 10.2. The lowest BCUT2D eigenvalue weighted by Crippen LogP contribution is -2.27. The number of rotatable bonds is 3. The van der Waals surface area contributed by atoms with Gasteiger partial charge in [0.05, 0.1) is 0 Å². The van der Waals surface area contributed by atoms with Gasteiger partial charge in [-0.05, 0) is 25.0 Å². The van der Waals surface area contributed by atoms with E-state index < -0.39 is 5.97 Å². The zero-order valence-electron chi connectivity index (χ0n) is 10.2. The topological polar surface area (TPSA) is 90.3 Å². The second kappa shape index (κ2) is 4.42. The monoisotopic (exact) mass is 263 g/mol. The van der Waals surface area contributed by atoms with Crippen LogP contribution in [-0.2, 0) is 19.5 Å². The Labute approximate surface area is 108 Å². The Morgan fingerprint density at radius 1 is 1.42 bits per heavy atom. The number of fused-ring (bicyclic) bond motifs is 1. The number of carbonyl (C=O) groups is 1. The van der Waals surface area contributed by atoms with E-state index in [1.165, 1.54) is 10.7 Å². The third-order valence-corrected chi connectivity index (χ3v) is 3.21. The van der Waals surface area contributed by atoms with Crippen molar-refractivity contribution in [2.24, 2.45) is 0 Å². The van der Waals surface area contributed by atoms with E-state index in [1.807, 2.05) is 0 Å². The number of nitrogens with zero attached hydrogens (tertiary/aromatic N) is 3. The van der Waals surface area contributed by atoms with Crippen LogP contribution in [-0.4, -0.2) is 25.4 Å². The highest BCUT2D eigenvalue weighted by molar-refractivity contribution is 5.84. The van der Waals surface area contributed by atoms with E-state index in [1.54, 1.807) is 10.6 Å². The third kappa shape index (κ3) is 2.07. The molecule has 7 nitrogen and oxygen atoms in total. The van der Waals surface area contributed by atoms with Crippen molar-refractivity contribution in [1.29, 1.82) is 0 Å². The number of carboxylic acids is 1. The molecule has 0 saturated carbocycles.